The van der Waals surface area contributed by atoms with Gasteiger partial charge in [0, 0.05) is 0 Å². The van der Waals surface area contributed by atoms with Gasteiger partial charge < -0.3 is 0 Å². The molecule has 0 amide bonds. The van der Waals surface area contributed by atoms with E-state index in [-0.39, 0.29) is 0 Å². The van der Waals surface area contributed by atoms with Crippen LogP contribution in [0.15, 0.2) is 12.2 Å². The predicted molar refractivity (Wildman–Crippen MR) is 104 cm³/mol. The van der Waals surface area contributed by atoms with Gasteiger partial charge in [-0.1, -0.05) is 39.7 Å². The summed E-state index contributed by atoms with van der Waals surface area (Å²) in [6, 6.07) is 0. The molecule has 0 aromatic carbocycles. The summed E-state index contributed by atoms with van der Waals surface area (Å²) in [5, 5.41) is 0. The zero-order chi connectivity index (χ0) is 17.7. The van der Waals surface area contributed by atoms with Crippen LogP contribution in [-0.4, -0.2) is 6.29 Å². The van der Waals surface area contributed by atoms with Crippen molar-refractivity contribution in [1.29, 1.82) is 0 Å². The zero-order valence-corrected chi connectivity index (χ0v) is 16.7. The molecule has 0 aromatic heterocycles. The van der Waals surface area contributed by atoms with Gasteiger partial charge in [0.1, 0.15) is 6.29 Å². The number of hydrogen-bond acceptors (Lipinski definition) is 1. The summed E-state index contributed by atoms with van der Waals surface area (Å²) in [7, 11) is 0. The van der Waals surface area contributed by atoms with Crippen molar-refractivity contribution < 1.29 is 4.79 Å². The van der Waals surface area contributed by atoms with Gasteiger partial charge in [0.15, 0.2) is 0 Å². The third-order valence-electron chi connectivity index (χ3n) is 9.78. The minimum absolute atomic E-state index is 0.520. The number of carbonyl (C=O) groups excluding carboxylic acids is 1. The van der Waals surface area contributed by atoms with Crippen LogP contribution in [0.4, 0.5) is 0 Å². The Balaban J connectivity index is 1.57. The third-order valence-corrected chi connectivity index (χ3v) is 9.78. The number of hydrogen-bond donors (Lipinski definition) is 0. The number of aldehydes is 1. The van der Waals surface area contributed by atoms with Gasteiger partial charge in [-0.2, -0.15) is 0 Å². The average molecular weight is 343 g/mol. The minimum atomic E-state index is 0.520. The fraction of sp³-hybridized carbons (Fsp3) is 0.875. The van der Waals surface area contributed by atoms with Crippen LogP contribution in [0.3, 0.4) is 0 Å². The first-order valence-corrected chi connectivity index (χ1v) is 11.1. The van der Waals surface area contributed by atoms with E-state index in [1.165, 1.54) is 64.2 Å². The highest BCUT2D eigenvalue weighted by atomic mass is 16.1. The van der Waals surface area contributed by atoms with Crippen molar-refractivity contribution in [2.24, 2.45) is 46.3 Å². The van der Waals surface area contributed by atoms with E-state index in [0.29, 0.717) is 16.7 Å². The monoisotopic (exact) mass is 342 g/mol. The molecule has 0 bridgehead atoms. The standard InChI is InChI=1S/C24H38O/c1-17(7-6-16-25)20-11-12-21-19-10-9-18-8-4-5-14-23(18,2)22(19)13-15-24(20,21)3/h6-7,16-22H,4-5,8-15H2,1-3H3/b7-6+/t17-,18?,19?,20?,21?,22?,23?,24?/m1/s1. The smallest absolute Gasteiger partial charge is 0.142 e. The van der Waals surface area contributed by atoms with E-state index in [1.807, 2.05) is 0 Å². The van der Waals surface area contributed by atoms with Gasteiger partial charge in [-0.05, 0) is 104 Å². The number of rotatable bonds is 3. The Morgan fingerprint density at radius 2 is 1.68 bits per heavy atom. The van der Waals surface area contributed by atoms with Crippen molar-refractivity contribution in [1.82, 2.24) is 0 Å². The highest BCUT2D eigenvalue weighted by Gasteiger charge is 2.59. The van der Waals surface area contributed by atoms with Crippen molar-refractivity contribution >= 4 is 6.29 Å². The van der Waals surface area contributed by atoms with Gasteiger partial charge >= 0.3 is 0 Å². The van der Waals surface area contributed by atoms with E-state index >= 15 is 0 Å². The molecule has 8 atom stereocenters. The van der Waals surface area contributed by atoms with Crippen LogP contribution < -0.4 is 0 Å². The van der Waals surface area contributed by atoms with Gasteiger partial charge in [0.05, 0.1) is 0 Å². The molecule has 140 valence electrons. The van der Waals surface area contributed by atoms with E-state index in [2.05, 4.69) is 26.8 Å². The van der Waals surface area contributed by atoms with Crippen LogP contribution in [0.1, 0.15) is 85.0 Å². The Morgan fingerprint density at radius 3 is 2.48 bits per heavy atom. The molecular weight excluding hydrogens is 304 g/mol. The summed E-state index contributed by atoms with van der Waals surface area (Å²) < 4.78 is 0. The maximum atomic E-state index is 10.8. The predicted octanol–water partition coefficient (Wildman–Crippen LogP) is 6.43. The van der Waals surface area contributed by atoms with Crippen LogP contribution >= 0.6 is 0 Å². The SMILES string of the molecule is C[C@H](/C=C/C=O)C1CCC2C3CCC4CCCCC4(C)C3CCC21C. The molecule has 4 rings (SSSR count). The Morgan fingerprint density at radius 1 is 0.880 bits per heavy atom. The van der Waals surface area contributed by atoms with Crippen LogP contribution in [0.25, 0.3) is 0 Å². The van der Waals surface area contributed by atoms with E-state index in [4.69, 9.17) is 0 Å². The fourth-order valence-electron chi connectivity index (χ4n) is 8.55. The largest absolute Gasteiger partial charge is 0.299 e. The zero-order valence-electron chi connectivity index (χ0n) is 16.7. The van der Waals surface area contributed by atoms with Gasteiger partial charge in [-0.25, -0.2) is 0 Å². The third kappa shape index (κ3) is 2.67. The molecular formula is C24H38O. The number of carbonyl (C=O) groups is 1. The van der Waals surface area contributed by atoms with Crippen molar-refractivity contribution in [3.8, 4) is 0 Å². The summed E-state index contributed by atoms with van der Waals surface area (Å²) in [6.07, 6.45) is 19.6. The van der Waals surface area contributed by atoms with E-state index in [9.17, 15) is 4.79 Å². The molecule has 25 heavy (non-hydrogen) atoms. The number of allylic oxidation sites excluding steroid dienone is 2. The lowest BCUT2D eigenvalue weighted by atomic mass is 9.44. The first-order valence-electron chi connectivity index (χ1n) is 11.1. The summed E-state index contributed by atoms with van der Waals surface area (Å²) in [5.74, 6) is 5.31. The molecule has 0 N–H and O–H groups in total. The van der Waals surface area contributed by atoms with Crippen molar-refractivity contribution in [2.75, 3.05) is 0 Å². The molecule has 1 heteroatoms. The molecule has 0 heterocycles. The Kier molecular flexibility index (Phi) is 4.66. The van der Waals surface area contributed by atoms with Gasteiger partial charge in [0.25, 0.3) is 0 Å². The van der Waals surface area contributed by atoms with Crippen molar-refractivity contribution in [2.45, 2.75) is 85.0 Å². The van der Waals surface area contributed by atoms with Crippen LogP contribution in [0.5, 0.6) is 0 Å². The molecule has 0 radical (unpaired) electrons. The normalized spacial score (nSPS) is 50.8. The lowest BCUT2D eigenvalue weighted by molar-refractivity contribution is -0.113. The Hall–Kier alpha value is -0.590. The first kappa shape index (κ1) is 17.8. The molecule has 4 saturated carbocycles. The van der Waals surface area contributed by atoms with Gasteiger partial charge in [0.2, 0.25) is 0 Å². The van der Waals surface area contributed by atoms with Gasteiger partial charge in [-0.3, -0.25) is 4.79 Å². The Bertz CT molecular complexity index is 536. The molecule has 7 unspecified atom stereocenters. The van der Waals surface area contributed by atoms with Gasteiger partial charge in [-0.15, -0.1) is 0 Å². The molecule has 0 saturated heterocycles. The van der Waals surface area contributed by atoms with E-state index in [1.54, 1.807) is 6.08 Å². The summed E-state index contributed by atoms with van der Waals surface area (Å²) in [4.78, 5) is 10.8. The van der Waals surface area contributed by atoms with E-state index < -0.39 is 0 Å². The second kappa shape index (κ2) is 6.54. The fourth-order valence-corrected chi connectivity index (χ4v) is 8.55. The summed E-state index contributed by atoms with van der Waals surface area (Å²) in [6.45, 7) is 7.65. The van der Waals surface area contributed by atoms with E-state index in [0.717, 1.165) is 35.9 Å². The summed E-state index contributed by atoms with van der Waals surface area (Å²) >= 11 is 0. The first-order chi connectivity index (χ1) is 12.0. The lowest BCUT2D eigenvalue weighted by Crippen LogP contribution is -2.53. The van der Waals surface area contributed by atoms with Crippen LogP contribution in [0.2, 0.25) is 0 Å². The molecule has 1 nitrogen and oxygen atoms in total. The molecule has 4 fully saturated rings. The minimum Gasteiger partial charge on any atom is -0.299 e. The second-order valence-electron chi connectivity index (χ2n) is 10.5. The molecule has 4 aliphatic carbocycles. The highest BCUT2D eigenvalue weighted by molar-refractivity contribution is 5.64. The summed E-state index contributed by atoms with van der Waals surface area (Å²) in [5.41, 5.74) is 1.18. The highest BCUT2D eigenvalue weighted by Crippen LogP contribution is 2.68. The maximum absolute atomic E-state index is 10.8. The van der Waals surface area contributed by atoms with Crippen molar-refractivity contribution in [3.05, 3.63) is 12.2 Å². The van der Waals surface area contributed by atoms with Crippen LogP contribution in [0, 0.1) is 46.3 Å². The molecule has 0 aromatic rings. The number of fused-ring (bicyclic) bond motifs is 5. The topological polar surface area (TPSA) is 17.1 Å². The average Bonchev–Trinajstić information content (AvgIpc) is 2.96. The lowest BCUT2D eigenvalue weighted by Gasteiger charge is -2.60. The maximum Gasteiger partial charge on any atom is 0.142 e. The van der Waals surface area contributed by atoms with Crippen LogP contribution in [-0.2, 0) is 4.79 Å². The molecule has 0 spiro atoms. The molecule has 4 aliphatic rings. The quantitative estimate of drug-likeness (QED) is 0.427. The second-order valence-corrected chi connectivity index (χ2v) is 10.5. The molecule has 0 aliphatic heterocycles. The van der Waals surface area contributed by atoms with Crippen molar-refractivity contribution in [3.63, 3.8) is 0 Å². The Labute approximate surface area is 155 Å².